The summed E-state index contributed by atoms with van der Waals surface area (Å²) in [5, 5.41) is 3.11. The molecular formula is C22H26N4O2. The Bertz CT molecular complexity index is 930. The van der Waals surface area contributed by atoms with Crippen LogP contribution in [0.5, 0.6) is 5.75 Å². The number of likely N-dealkylation sites (tertiary alicyclic amines) is 1. The van der Waals surface area contributed by atoms with Crippen LogP contribution in [0.1, 0.15) is 24.1 Å². The summed E-state index contributed by atoms with van der Waals surface area (Å²) in [6.45, 7) is 4.91. The SMILES string of the molecule is Cc1cn2cccc(OCC(=O)NC3CCN(Cc4ccccc4)CC3)c2n1. The number of imidazole rings is 1. The molecule has 0 radical (unpaired) electrons. The number of nitrogens with one attached hydrogen (secondary N) is 1. The molecule has 0 bridgehead atoms. The molecule has 1 aliphatic rings. The van der Waals surface area contributed by atoms with Crippen LogP contribution >= 0.6 is 0 Å². The van der Waals surface area contributed by atoms with Crippen LogP contribution in [0, 0.1) is 6.92 Å². The van der Waals surface area contributed by atoms with Crippen molar-refractivity contribution in [3.63, 3.8) is 0 Å². The first-order valence-corrected chi connectivity index (χ1v) is 9.80. The molecule has 0 saturated carbocycles. The maximum absolute atomic E-state index is 12.3. The smallest absolute Gasteiger partial charge is 0.258 e. The number of carbonyl (C=O) groups excluding carboxylic acids is 1. The van der Waals surface area contributed by atoms with Gasteiger partial charge < -0.3 is 14.5 Å². The highest BCUT2D eigenvalue weighted by molar-refractivity contribution is 5.78. The Morgan fingerprint density at radius 1 is 1.18 bits per heavy atom. The highest BCUT2D eigenvalue weighted by Crippen LogP contribution is 2.19. The number of piperidine rings is 1. The maximum atomic E-state index is 12.3. The van der Waals surface area contributed by atoms with Gasteiger partial charge in [0.05, 0.1) is 5.69 Å². The van der Waals surface area contributed by atoms with Crippen molar-refractivity contribution in [1.29, 1.82) is 0 Å². The molecule has 146 valence electrons. The zero-order valence-electron chi connectivity index (χ0n) is 16.2. The minimum absolute atomic E-state index is 0.00973. The Morgan fingerprint density at radius 2 is 1.96 bits per heavy atom. The van der Waals surface area contributed by atoms with E-state index in [-0.39, 0.29) is 18.6 Å². The third-order valence-electron chi connectivity index (χ3n) is 5.13. The summed E-state index contributed by atoms with van der Waals surface area (Å²) in [6.07, 6.45) is 5.79. The van der Waals surface area contributed by atoms with Crippen LogP contribution in [-0.4, -0.2) is 45.9 Å². The molecule has 1 N–H and O–H groups in total. The molecule has 0 aliphatic carbocycles. The van der Waals surface area contributed by atoms with Crippen molar-refractivity contribution in [3.05, 3.63) is 66.1 Å². The number of nitrogens with zero attached hydrogens (tertiary/aromatic N) is 3. The zero-order chi connectivity index (χ0) is 19.3. The van der Waals surface area contributed by atoms with Crippen molar-refractivity contribution in [2.24, 2.45) is 0 Å². The van der Waals surface area contributed by atoms with E-state index in [0.29, 0.717) is 5.75 Å². The molecule has 1 fully saturated rings. The molecule has 6 nitrogen and oxygen atoms in total. The largest absolute Gasteiger partial charge is 0.480 e. The number of hydrogen-bond acceptors (Lipinski definition) is 4. The number of amides is 1. The van der Waals surface area contributed by atoms with E-state index >= 15 is 0 Å². The van der Waals surface area contributed by atoms with Crippen LogP contribution in [0.4, 0.5) is 0 Å². The van der Waals surface area contributed by atoms with Crippen LogP contribution in [0.15, 0.2) is 54.9 Å². The van der Waals surface area contributed by atoms with E-state index in [1.165, 1.54) is 5.56 Å². The fraction of sp³-hybridized carbons (Fsp3) is 0.364. The Kier molecular flexibility index (Phi) is 5.58. The van der Waals surface area contributed by atoms with Crippen molar-refractivity contribution < 1.29 is 9.53 Å². The van der Waals surface area contributed by atoms with Gasteiger partial charge in [-0.05, 0) is 37.5 Å². The van der Waals surface area contributed by atoms with Gasteiger partial charge in [-0.25, -0.2) is 4.98 Å². The Labute approximate surface area is 165 Å². The Hall–Kier alpha value is -2.86. The number of carbonyl (C=O) groups is 1. The van der Waals surface area contributed by atoms with Gasteiger partial charge in [0, 0.05) is 38.1 Å². The average Bonchev–Trinajstić information content (AvgIpc) is 3.09. The minimum atomic E-state index is -0.0770. The zero-order valence-corrected chi connectivity index (χ0v) is 16.2. The normalized spacial score (nSPS) is 15.6. The fourth-order valence-corrected chi connectivity index (χ4v) is 3.71. The standard InChI is InChI=1S/C22H26N4O2/c1-17-14-26-11-5-8-20(22(26)23-17)28-16-21(27)24-19-9-12-25(13-10-19)15-18-6-3-2-4-7-18/h2-8,11,14,19H,9-10,12-13,15-16H2,1H3,(H,24,27). The third kappa shape index (κ3) is 4.51. The second-order valence-corrected chi connectivity index (χ2v) is 7.38. The van der Waals surface area contributed by atoms with Crippen molar-refractivity contribution in [2.75, 3.05) is 19.7 Å². The fourth-order valence-electron chi connectivity index (χ4n) is 3.71. The van der Waals surface area contributed by atoms with Gasteiger partial charge in [-0.1, -0.05) is 30.3 Å². The van der Waals surface area contributed by atoms with Crippen molar-refractivity contribution >= 4 is 11.6 Å². The lowest BCUT2D eigenvalue weighted by molar-refractivity contribution is -0.124. The Balaban J connectivity index is 1.23. The van der Waals surface area contributed by atoms with Gasteiger partial charge in [0.2, 0.25) is 0 Å². The molecule has 1 aromatic carbocycles. The lowest BCUT2D eigenvalue weighted by Gasteiger charge is -2.32. The number of hydrogen-bond donors (Lipinski definition) is 1. The van der Waals surface area contributed by atoms with E-state index in [4.69, 9.17) is 4.74 Å². The quantitative estimate of drug-likeness (QED) is 0.717. The predicted octanol–water partition coefficient (Wildman–Crippen LogP) is 2.80. The number of benzene rings is 1. The summed E-state index contributed by atoms with van der Waals surface area (Å²) in [7, 11) is 0. The summed E-state index contributed by atoms with van der Waals surface area (Å²) in [5.74, 6) is 0.551. The van der Waals surface area contributed by atoms with Crippen LogP contribution in [0.25, 0.3) is 5.65 Å². The number of ether oxygens (including phenoxy) is 1. The summed E-state index contributed by atoms with van der Waals surface area (Å²) >= 11 is 0. The van der Waals surface area contributed by atoms with Crippen molar-refractivity contribution in [3.8, 4) is 5.75 Å². The molecule has 4 rings (SSSR count). The summed E-state index contributed by atoms with van der Waals surface area (Å²) in [5.41, 5.74) is 2.99. The topological polar surface area (TPSA) is 58.9 Å². The van der Waals surface area contributed by atoms with Gasteiger partial charge in [-0.15, -0.1) is 0 Å². The number of rotatable bonds is 6. The lowest BCUT2D eigenvalue weighted by atomic mass is 10.0. The molecule has 2 aromatic heterocycles. The van der Waals surface area contributed by atoms with Crippen LogP contribution in [0.3, 0.4) is 0 Å². The van der Waals surface area contributed by atoms with Gasteiger partial charge in [-0.3, -0.25) is 9.69 Å². The van der Waals surface area contributed by atoms with Gasteiger partial charge in [0.1, 0.15) is 0 Å². The van der Waals surface area contributed by atoms with Crippen LogP contribution < -0.4 is 10.1 Å². The van der Waals surface area contributed by atoms with E-state index in [2.05, 4.69) is 39.5 Å². The predicted molar refractivity (Wildman–Crippen MR) is 108 cm³/mol. The van der Waals surface area contributed by atoms with Gasteiger partial charge >= 0.3 is 0 Å². The van der Waals surface area contributed by atoms with Gasteiger partial charge in [0.25, 0.3) is 5.91 Å². The molecular weight excluding hydrogens is 352 g/mol. The molecule has 0 unspecified atom stereocenters. The van der Waals surface area contributed by atoms with E-state index in [1.807, 2.05) is 41.9 Å². The second-order valence-electron chi connectivity index (χ2n) is 7.38. The van der Waals surface area contributed by atoms with E-state index < -0.39 is 0 Å². The van der Waals surface area contributed by atoms with Crippen LogP contribution in [0.2, 0.25) is 0 Å². The molecule has 0 spiro atoms. The summed E-state index contributed by atoms with van der Waals surface area (Å²) < 4.78 is 7.64. The summed E-state index contributed by atoms with van der Waals surface area (Å²) in [6, 6.07) is 14.5. The number of fused-ring (bicyclic) bond motifs is 1. The summed E-state index contributed by atoms with van der Waals surface area (Å²) in [4.78, 5) is 19.2. The second kappa shape index (κ2) is 8.44. The van der Waals surface area contributed by atoms with Gasteiger partial charge in [-0.2, -0.15) is 0 Å². The highest BCUT2D eigenvalue weighted by Gasteiger charge is 2.21. The molecule has 3 heterocycles. The van der Waals surface area contributed by atoms with E-state index in [9.17, 15) is 4.79 Å². The van der Waals surface area contributed by atoms with Crippen LogP contribution in [-0.2, 0) is 11.3 Å². The highest BCUT2D eigenvalue weighted by atomic mass is 16.5. The molecule has 1 aliphatic heterocycles. The molecule has 28 heavy (non-hydrogen) atoms. The van der Waals surface area contributed by atoms with Crippen molar-refractivity contribution in [2.45, 2.75) is 32.4 Å². The van der Waals surface area contributed by atoms with E-state index in [0.717, 1.165) is 43.8 Å². The van der Waals surface area contributed by atoms with Gasteiger partial charge in [0.15, 0.2) is 18.0 Å². The molecule has 0 atom stereocenters. The number of aryl methyl sites for hydroxylation is 1. The molecule has 1 saturated heterocycles. The molecule has 1 amide bonds. The maximum Gasteiger partial charge on any atom is 0.258 e. The first kappa shape index (κ1) is 18.5. The third-order valence-corrected chi connectivity index (χ3v) is 5.13. The lowest BCUT2D eigenvalue weighted by Crippen LogP contribution is -2.45. The minimum Gasteiger partial charge on any atom is -0.480 e. The first-order valence-electron chi connectivity index (χ1n) is 9.80. The molecule has 6 heteroatoms. The van der Waals surface area contributed by atoms with E-state index in [1.54, 1.807) is 0 Å². The Morgan fingerprint density at radius 3 is 2.75 bits per heavy atom. The average molecular weight is 378 g/mol. The first-order chi connectivity index (χ1) is 13.7. The molecule has 3 aromatic rings. The number of pyridine rings is 1. The monoisotopic (exact) mass is 378 g/mol. The number of aromatic nitrogens is 2. The van der Waals surface area contributed by atoms with Crippen molar-refractivity contribution in [1.82, 2.24) is 19.6 Å².